The summed E-state index contributed by atoms with van der Waals surface area (Å²) >= 11 is 6.05. The number of benzene rings is 1. The third-order valence-corrected chi connectivity index (χ3v) is 3.62. The molecule has 1 fully saturated rings. The molecule has 0 saturated carbocycles. The fourth-order valence-corrected chi connectivity index (χ4v) is 2.69. The molecule has 16 heavy (non-hydrogen) atoms. The molecular weight excluding hydrogens is 220 g/mol. The van der Waals surface area contributed by atoms with E-state index in [1.54, 1.807) is 0 Å². The highest BCUT2D eigenvalue weighted by atomic mass is 35.5. The van der Waals surface area contributed by atoms with Crippen LogP contribution in [0.2, 0.25) is 5.02 Å². The van der Waals surface area contributed by atoms with Crippen LogP contribution >= 0.6 is 11.6 Å². The molecule has 0 atom stereocenters. The van der Waals surface area contributed by atoms with Crippen molar-refractivity contribution < 1.29 is 0 Å². The molecule has 2 nitrogen and oxygen atoms in total. The van der Waals surface area contributed by atoms with Crippen LogP contribution in [-0.4, -0.2) is 18.1 Å². The first-order chi connectivity index (χ1) is 7.84. The molecule has 1 radical (unpaired) electrons. The molecule has 0 unspecified atom stereocenters. The van der Waals surface area contributed by atoms with Crippen LogP contribution in [0.3, 0.4) is 0 Å². The number of piperidine rings is 1. The molecule has 0 spiro atoms. The number of nitrogens with one attached hydrogen (secondary N) is 1. The van der Waals surface area contributed by atoms with Crippen LogP contribution in [0.15, 0.2) is 24.4 Å². The van der Waals surface area contributed by atoms with Crippen LogP contribution in [0.4, 0.5) is 0 Å². The number of rotatable bonds is 1. The topological polar surface area (TPSA) is 29.9 Å². The standard InChI is InChI=1S/C13H14ClN2/c14-10-1-2-13-11(7-10)12(8-16-13)9-3-5-15-6-4-9/h1-2,7-9,16H,3-6H2. The minimum absolute atomic E-state index is 0.643. The Bertz CT molecular complexity index is 498. The molecule has 1 N–H and O–H groups in total. The molecule has 3 rings (SSSR count). The molecule has 0 bridgehead atoms. The summed E-state index contributed by atoms with van der Waals surface area (Å²) in [5, 5.41) is 6.49. The summed E-state index contributed by atoms with van der Waals surface area (Å²) in [5.41, 5.74) is 2.59. The van der Waals surface area contributed by atoms with Gasteiger partial charge in [-0.2, -0.15) is 0 Å². The Hall–Kier alpha value is -0.990. The van der Waals surface area contributed by atoms with Gasteiger partial charge in [0.05, 0.1) is 0 Å². The van der Waals surface area contributed by atoms with Gasteiger partial charge in [-0.25, -0.2) is 5.32 Å². The Labute approximate surface area is 100.0 Å². The van der Waals surface area contributed by atoms with E-state index in [-0.39, 0.29) is 0 Å². The van der Waals surface area contributed by atoms with Gasteiger partial charge in [-0.05, 0) is 42.5 Å². The zero-order valence-electron chi connectivity index (χ0n) is 9.04. The summed E-state index contributed by atoms with van der Waals surface area (Å²) in [6.07, 6.45) is 4.47. The van der Waals surface area contributed by atoms with Crippen molar-refractivity contribution in [2.75, 3.05) is 13.1 Å². The summed E-state index contributed by atoms with van der Waals surface area (Å²) in [6.45, 7) is 2.00. The van der Waals surface area contributed by atoms with E-state index in [0.717, 1.165) is 18.1 Å². The molecule has 83 valence electrons. The second-order valence-corrected chi connectivity index (χ2v) is 4.82. The summed E-state index contributed by atoms with van der Waals surface area (Å²) in [4.78, 5) is 3.32. The molecule has 2 aromatic rings. The second-order valence-electron chi connectivity index (χ2n) is 4.38. The van der Waals surface area contributed by atoms with Gasteiger partial charge in [-0.1, -0.05) is 11.6 Å². The SMILES string of the molecule is Clc1ccc2[nH]cc(C3CC[N]CC3)c2c1. The van der Waals surface area contributed by atoms with Gasteiger partial charge >= 0.3 is 0 Å². The maximum atomic E-state index is 6.05. The van der Waals surface area contributed by atoms with Crippen molar-refractivity contribution in [3.05, 3.63) is 35.0 Å². The number of fused-ring (bicyclic) bond motifs is 1. The molecule has 1 aliphatic rings. The lowest BCUT2D eigenvalue weighted by molar-refractivity contribution is 0.455. The summed E-state index contributed by atoms with van der Waals surface area (Å²) in [6, 6.07) is 6.04. The predicted molar refractivity (Wildman–Crippen MR) is 67.2 cm³/mol. The van der Waals surface area contributed by atoms with E-state index >= 15 is 0 Å². The highest BCUT2D eigenvalue weighted by Gasteiger charge is 2.18. The van der Waals surface area contributed by atoms with Crippen molar-refractivity contribution in [1.82, 2.24) is 10.3 Å². The van der Waals surface area contributed by atoms with Gasteiger partial charge in [0.25, 0.3) is 0 Å². The fourth-order valence-electron chi connectivity index (χ4n) is 2.51. The molecule has 1 aromatic heterocycles. The molecule has 0 aliphatic carbocycles. The van der Waals surface area contributed by atoms with E-state index < -0.39 is 0 Å². The lowest BCUT2D eigenvalue weighted by Crippen LogP contribution is -2.20. The predicted octanol–water partition coefficient (Wildman–Crippen LogP) is 3.30. The highest BCUT2D eigenvalue weighted by molar-refractivity contribution is 6.31. The smallest absolute Gasteiger partial charge is 0.0457 e. The van der Waals surface area contributed by atoms with Crippen molar-refractivity contribution in [1.29, 1.82) is 0 Å². The van der Waals surface area contributed by atoms with E-state index in [2.05, 4.69) is 22.6 Å². The van der Waals surface area contributed by atoms with Gasteiger partial charge in [0.2, 0.25) is 0 Å². The fraction of sp³-hybridized carbons (Fsp3) is 0.385. The largest absolute Gasteiger partial charge is 0.361 e. The molecular formula is C13H14ClN2. The third kappa shape index (κ3) is 1.72. The van der Waals surface area contributed by atoms with Crippen molar-refractivity contribution in [3.63, 3.8) is 0 Å². The number of aromatic amines is 1. The Morgan fingerprint density at radius 1 is 1.25 bits per heavy atom. The molecule has 1 aliphatic heterocycles. The average Bonchev–Trinajstić information content (AvgIpc) is 2.73. The van der Waals surface area contributed by atoms with Crippen LogP contribution < -0.4 is 5.32 Å². The Morgan fingerprint density at radius 3 is 2.88 bits per heavy atom. The van der Waals surface area contributed by atoms with Crippen LogP contribution in [0.25, 0.3) is 10.9 Å². The van der Waals surface area contributed by atoms with Gasteiger partial charge in [-0.15, -0.1) is 0 Å². The van der Waals surface area contributed by atoms with E-state index in [4.69, 9.17) is 11.6 Å². The average molecular weight is 234 g/mol. The number of aromatic nitrogens is 1. The molecule has 1 saturated heterocycles. The zero-order valence-corrected chi connectivity index (χ0v) is 9.80. The van der Waals surface area contributed by atoms with E-state index in [1.165, 1.54) is 29.3 Å². The first-order valence-electron chi connectivity index (χ1n) is 5.74. The van der Waals surface area contributed by atoms with Gasteiger partial charge in [0.1, 0.15) is 0 Å². The Kier molecular flexibility index (Phi) is 2.62. The third-order valence-electron chi connectivity index (χ3n) is 3.39. The van der Waals surface area contributed by atoms with Gasteiger partial charge in [0.15, 0.2) is 0 Å². The number of hydrogen-bond donors (Lipinski definition) is 1. The highest BCUT2D eigenvalue weighted by Crippen LogP contribution is 2.32. The second kappa shape index (κ2) is 4.11. The summed E-state index contributed by atoms with van der Waals surface area (Å²) in [7, 11) is 0. The number of halogens is 1. The minimum Gasteiger partial charge on any atom is -0.361 e. The van der Waals surface area contributed by atoms with Crippen molar-refractivity contribution in [2.45, 2.75) is 18.8 Å². The van der Waals surface area contributed by atoms with Crippen molar-refractivity contribution in [3.8, 4) is 0 Å². The summed E-state index contributed by atoms with van der Waals surface area (Å²) < 4.78 is 0. The van der Waals surface area contributed by atoms with E-state index in [0.29, 0.717) is 5.92 Å². The summed E-state index contributed by atoms with van der Waals surface area (Å²) in [5.74, 6) is 0.643. The lowest BCUT2D eigenvalue weighted by atomic mass is 9.90. The van der Waals surface area contributed by atoms with Crippen LogP contribution in [-0.2, 0) is 0 Å². The Balaban J connectivity index is 2.05. The molecule has 1 aromatic carbocycles. The molecule has 2 heterocycles. The van der Waals surface area contributed by atoms with Crippen LogP contribution in [0, 0.1) is 0 Å². The van der Waals surface area contributed by atoms with Gasteiger partial charge in [-0.3, -0.25) is 0 Å². The van der Waals surface area contributed by atoms with Crippen LogP contribution in [0.1, 0.15) is 24.3 Å². The number of hydrogen-bond acceptors (Lipinski definition) is 0. The molecule has 3 heteroatoms. The lowest BCUT2D eigenvalue weighted by Gasteiger charge is -2.21. The van der Waals surface area contributed by atoms with Crippen molar-refractivity contribution >= 4 is 22.5 Å². The maximum Gasteiger partial charge on any atom is 0.0457 e. The van der Waals surface area contributed by atoms with E-state index in [1.807, 2.05) is 12.1 Å². The van der Waals surface area contributed by atoms with Crippen LogP contribution in [0.5, 0.6) is 0 Å². The first kappa shape index (κ1) is 10.2. The molecule has 0 amide bonds. The zero-order chi connectivity index (χ0) is 11.0. The quantitative estimate of drug-likeness (QED) is 0.784. The van der Waals surface area contributed by atoms with Crippen molar-refractivity contribution in [2.24, 2.45) is 0 Å². The van der Waals surface area contributed by atoms with E-state index in [9.17, 15) is 0 Å². The number of nitrogens with zero attached hydrogens (tertiary/aromatic N) is 1. The monoisotopic (exact) mass is 233 g/mol. The van der Waals surface area contributed by atoms with Gasteiger partial charge in [0, 0.05) is 35.2 Å². The first-order valence-corrected chi connectivity index (χ1v) is 6.12. The number of H-pyrrole nitrogens is 1. The normalized spacial score (nSPS) is 18.1. The maximum absolute atomic E-state index is 6.05. The Morgan fingerprint density at radius 2 is 2.06 bits per heavy atom. The van der Waals surface area contributed by atoms with Gasteiger partial charge < -0.3 is 4.98 Å². The minimum atomic E-state index is 0.643.